The van der Waals surface area contributed by atoms with Gasteiger partial charge >= 0.3 is 0 Å². The minimum absolute atomic E-state index is 0.588. The van der Waals surface area contributed by atoms with Crippen LogP contribution in [0.2, 0.25) is 0 Å². The zero-order chi connectivity index (χ0) is 11.1. The fraction of sp³-hybridized carbons (Fsp3) is 0.667. The molecule has 1 aromatic heterocycles. The first-order chi connectivity index (χ1) is 7.22. The fourth-order valence-electron chi connectivity index (χ4n) is 1.50. The molecule has 1 N–H and O–H groups in total. The molecule has 3 heteroatoms. The molecular weight excluding hydrogens is 204 g/mol. The van der Waals surface area contributed by atoms with Crippen molar-refractivity contribution in [2.24, 2.45) is 0 Å². The molecule has 0 spiro atoms. The average molecular weight is 226 g/mol. The summed E-state index contributed by atoms with van der Waals surface area (Å²) in [4.78, 5) is 2.47. The second kappa shape index (κ2) is 6.99. The van der Waals surface area contributed by atoms with E-state index in [-0.39, 0.29) is 0 Å². The third kappa shape index (κ3) is 5.30. The molecule has 0 aromatic carbocycles. The Balaban J connectivity index is 2.24. The Kier molecular flexibility index (Phi) is 5.91. The first-order valence-electron chi connectivity index (χ1n) is 5.69. The molecule has 0 atom stereocenters. The molecule has 0 aliphatic heterocycles. The van der Waals surface area contributed by atoms with Crippen LogP contribution in [0, 0.1) is 0 Å². The van der Waals surface area contributed by atoms with Crippen molar-refractivity contribution in [2.75, 3.05) is 19.6 Å². The van der Waals surface area contributed by atoms with Crippen molar-refractivity contribution in [3.63, 3.8) is 0 Å². The van der Waals surface area contributed by atoms with Crippen LogP contribution in [0.1, 0.15) is 26.3 Å². The Labute approximate surface area is 97.3 Å². The Morgan fingerprint density at radius 1 is 1.47 bits per heavy atom. The van der Waals surface area contributed by atoms with E-state index in [1.165, 1.54) is 5.56 Å². The summed E-state index contributed by atoms with van der Waals surface area (Å²) in [6, 6.07) is 2.80. The van der Waals surface area contributed by atoms with E-state index < -0.39 is 0 Å². The van der Waals surface area contributed by atoms with Gasteiger partial charge < -0.3 is 5.32 Å². The zero-order valence-corrected chi connectivity index (χ0v) is 10.8. The van der Waals surface area contributed by atoms with Crippen molar-refractivity contribution in [1.29, 1.82) is 0 Å². The van der Waals surface area contributed by atoms with Crippen molar-refractivity contribution in [1.82, 2.24) is 10.2 Å². The van der Waals surface area contributed by atoms with Crippen molar-refractivity contribution in [3.05, 3.63) is 22.4 Å². The van der Waals surface area contributed by atoms with Crippen LogP contribution in [-0.4, -0.2) is 30.6 Å². The van der Waals surface area contributed by atoms with Gasteiger partial charge in [-0.05, 0) is 28.9 Å². The van der Waals surface area contributed by atoms with Crippen LogP contribution in [0.3, 0.4) is 0 Å². The summed E-state index contributed by atoms with van der Waals surface area (Å²) in [5.74, 6) is 0. The van der Waals surface area contributed by atoms with E-state index in [0.29, 0.717) is 6.04 Å². The predicted octanol–water partition coefficient (Wildman–Crippen LogP) is 2.57. The summed E-state index contributed by atoms with van der Waals surface area (Å²) in [5.41, 5.74) is 1.44. The Bertz CT molecular complexity index is 244. The van der Waals surface area contributed by atoms with Gasteiger partial charge in [0.05, 0.1) is 0 Å². The summed E-state index contributed by atoms with van der Waals surface area (Å²) in [6.45, 7) is 11.0. The van der Waals surface area contributed by atoms with E-state index in [9.17, 15) is 0 Å². The van der Waals surface area contributed by atoms with Crippen LogP contribution in [0.15, 0.2) is 16.8 Å². The second-order valence-electron chi connectivity index (χ2n) is 4.11. The first kappa shape index (κ1) is 12.7. The molecule has 0 radical (unpaired) electrons. The molecule has 1 rings (SSSR count). The molecule has 0 saturated heterocycles. The fourth-order valence-corrected chi connectivity index (χ4v) is 2.16. The number of hydrogen-bond acceptors (Lipinski definition) is 3. The lowest BCUT2D eigenvalue weighted by Crippen LogP contribution is -2.34. The van der Waals surface area contributed by atoms with Gasteiger partial charge in [-0.2, -0.15) is 11.3 Å². The first-order valence-corrected chi connectivity index (χ1v) is 6.63. The third-order valence-corrected chi connectivity index (χ3v) is 3.15. The van der Waals surface area contributed by atoms with Crippen molar-refractivity contribution < 1.29 is 0 Å². The highest BCUT2D eigenvalue weighted by Crippen LogP contribution is 2.08. The molecule has 0 saturated carbocycles. The number of nitrogens with one attached hydrogen (secondary N) is 1. The summed E-state index contributed by atoms with van der Waals surface area (Å²) < 4.78 is 0. The summed E-state index contributed by atoms with van der Waals surface area (Å²) in [5, 5.41) is 7.83. The minimum Gasteiger partial charge on any atom is -0.313 e. The van der Waals surface area contributed by atoms with Crippen molar-refractivity contribution >= 4 is 11.3 Å². The molecule has 0 aliphatic rings. The van der Waals surface area contributed by atoms with E-state index in [1.54, 1.807) is 11.3 Å². The number of rotatable bonds is 7. The van der Waals surface area contributed by atoms with E-state index in [1.807, 2.05) is 0 Å². The van der Waals surface area contributed by atoms with Gasteiger partial charge in [0.25, 0.3) is 0 Å². The SMILES string of the molecule is CCN(CCNC(C)C)Cc1ccsc1. The van der Waals surface area contributed by atoms with Crippen LogP contribution in [-0.2, 0) is 6.54 Å². The smallest absolute Gasteiger partial charge is 0.0242 e. The van der Waals surface area contributed by atoms with E-state index >= 15 is 0 Å². The maximum absolute atomic E-state index is 3.45. The van der Waals surface area contributed by atoms with Gasteiger partial charge in [-0.25, -0.2) is 0 Å². The van der Waals surface area contributed by atoms with E-state index in [4.69, 9.17) is 0 Å². The average Bonchev–Trinajstić information content (AvgIpc) is 2.68. The van der Waals surface area contributed by atoms with Crippen LogP contribution < -0.4 is 5.32 Å². The molecule has 0 fully saturated rings. The lowest BCUT2D eigenvalue weighted by Gasteiger charge is -2.20. The zero-order valence-electron chi connectivity index (χ0n) is 9.99. The maximum Gasteiger partial charge on any atom is 0.0242 e. The van der Waals surface area contributed by atoms with Crippen LogP contribution in [0.4, 0.5) is 0 Å². The highest BCUT2D eigenvalue weighted by atomic mass is 32.1. The molecular formula is C12H22N2S. The molecule has 15 heavy (non-hydrogen) atoms. The highest BCUT2D eigenvalue weighted by molar-refractivity contribution is 7.07. The van der Waals surface area contributed by atoms with Gasteiger partial charge in [-0.1, -0.05) is 20.8 Å². The van der Waals surface area contributed by atoms with Crippen molar-refractivity contribution in [3.8, 4) is 0 Å². The predicted molar refractivity (Wildman–Crippen MR) is 68.4 cm³/mol. The molecule has 0 unspecified atom stereocenters. The highest BCUT2D eigenvalue weighted by Gasteiger charge is 2.03. The van der Waals surface area contributed by atoms with Gasteiger partial charge in [0.1, 0.15) is 0 Å². The molecule has 2 nitrogen and oxygen atoms in total. The summed E-state index contributed by atoms with van der Waals surface area (Å²) >= 11 is 1.78. The van der Waals surface area contributed by atoms with Crippen LogP contribution in [0.5, 0.6) is 0 Å². The van der Waals surface area contributed by atoms with Crippen molar-refractivity contribution in [2.45, 2.75) is 33.4 Å². The number of likely N-dealkylation sites (N-methyl/N-ethyl adjacent to an activating group) is 1. The number of nitrogens with zero attached hydrogens (tertiary/aromatic N) is 1. The Morgan fingerprint density at radius 2 is 2.27 bits per heavy atom. The third-order valence-electron chi connectivity index (χ3n) is 2.41. The Hall–Kier alpha value is -0.380. The van der Waals surface area contributed by atoms with E-state index in [2.05, 4.69) is 47.8 Å². The van der Waals surface area contributed by atoms with Gasteiger partial charge in [-0.3, -0.25) is 4.90 Å². The molecule has 0 bridgehead atoms. The van der Waals surface area contributed by atoms with Gasteiger partial charge in [0, 0.05) is 25.7 Å². The number of hydrogen-bond donors (Lipinski definition) is 1. The van der Waals surface area contributed by atoms with Gasteiger partial charge in [0.15, 0.2) is 0 Å². The topological polar surface area (TPSA) is 15.3 Å². The van der Waals surface area contributed by atoms with Gasteiger partial charge in [-0.15, -0.1) is 0 Å². The Morgan fingerprint density at radius 3 is 2.80 bits per heavy atom. The standard InChI is InChI=1S/C12H22N2S/c1-4-14(7-6-13-11(2)3)9-12-5-8-15-10-12/h5,8,10-11,13H,4,6-7,9H2,1-3H3. The normalized spacial score (nSPS) is 11.5. The lowest BCUT2D eigenvalue weighted by atomic mass is 10.3. The van der Waals surface area contributed by atoms with Crippen LogP contribution >= 0.6 is 11.3 Å². The molecule has 1 aromatic rings. The second-order valence-corrected chi connectivity index (χ2v) is 4.89. The maximum atomic E-state index is 3.45. The van der Waals surface area contributed by atoms with Gasteiger partial charge in [0.2, 0.25) is 0 Å². The molecule has 1 heterocycles. The number of thiophene rings is 1. The monoisotopic (exact) mass is 226 g/mol. The van der Waals surface area contributed by atoms with E-state index in [0.717, 1.165) is 26.2 Å². The lowest BCUT2D eigenvalue weighted by molar-refractivity contribution is 0.276. The summed E-state index contributed by atoms with van der Waals surface area (Å²) in [6.07, 6.45) is 0. The largest absolute Gasteiger partial charge is 0.313 e. The minimum atomic E-state index is 0.588. The molecule has 0 amide bonds. The summed E-state index contributed by atoms with van der Waals surface area (Å²) in [7, 11) is 0. The quantitative estimate of drug-likeness (QED) is 0.769. The molecule has 86 valence electrons. The van der Waals surface area contributed by atoms with Crippen LogP contribution in [0.25, 0.3) is 0 Å². The molecule has 0 aliphatic carbocycles.